The van der Waals surface area contributed by atoms with Crippen molar-refractivity contribution in [3.05, 3.63) is 136 Å². The monoisotopic (exact) mass is 803 g/mol. The van der Waals surface area contributed by atoms with Crippen molar-refractivity contribution in [2.24, 2.45) is 12.0 Å². The summed E-state index contributed by atoms with van der Waals surface area (Å²) in [4.78, 5) is 47.1. The number of halogens is 6. The Morgan fingerprint density at radius 3 is 2.54 bits per heavy atom. The predicted molar refractivity (Wildman–Crippen MR) is 176 cm³/mol. The second kappa shape index (κ2) is 13.3. The number of fused-ring (bicyclic) bond motifs is 1. The van der Waals surface area contributed by atoms with Crippen molar-refractivity contribution in [2.45, 2.75) is 13.1 Å². The van der Waals surface area contributed by atoms with Crippen LogP contribution in [0.4, 0.5) is 18.9 Å². The molecule has 0 fully saturated rings. The molecule has 48 heavy (non-hydrogen) atoms. The van der Waals surface area contributed by atoms with Gasteiger partial charge in [-0.1, -0.05) is 22.9 Å². The first kappa shape index (κ1) is 33.0. The summed E-state index contributed by atoms with van der Waals surface area (Å²) in [5.74, 6) is -4.54. The van der Waals surface area contributed by atoms with Gasteiger partial charge in [0.25, 0.3) is 5.91 Å². The summed E-state index contributed by atoms with van der Waals surface area (Å²) < 4.78 is 48.2. The summed E-state index contributed by atoms with van der Waals surface area (Å²) >= 11 is 13.2. The molecule has 3 aromatic carbocycles. The number of nitrogens with zero attached hydrogens (tertiary/aromatic N) is 8. The highest BCUT2D eigenvalue weighted by Crippen LogP contribution is 2.29. The lowest BCUT2D eigenvalue weighted by Gasteiger charge is -2.12. The van der Waals surface area contributed by atoms with Crippen LogP contribution in [0.5, 0.6) is 0 Å². The highest BCUT2D eigenvalue weighted by atomic mass is 79.9. The molecule has 0 atom stereocenters. The van der Waals surface area contributed by atoms with Crippen molar-refractivity contribution in [1.29, 1.82) is 0 Å². The number of H-pyrrole nitrogens is 1. The number of aromatic amines is 1. The lowest BCUT2D eigenvalue weighted by Crippen LogP contribution is -2.50. The number of aryl methyl sites for hydroxylation is 1. The lowest BCUT2D eigenvalue weighted by molar-refractivity contribution is 0.0949. The van der Waals surface area contributed by atoms with Gasteiger partial charge in [-0.2, -0.15) is 9.78 Å². The fraction of sp³-hybridized carbons (Fsp3) is 0.100. The molecular weight excluding hydrogens is 787 g/mol. The van der Waals surface area contributed by atoms with Crippen molar-refractivity contribution < 1.29 is 18.0 Å². The van der Waals surface area contributed by atoms with Gasteiger partial charge in [-0.15, -0.1) is 5.10 Å². The van der Waals surface area contributed by atoms with E-state index in [1.807, 2.05) is 0 Å². The molecule has 0 radical (unpaired) electrons. The summed E-state index contributed by atoms with van der Waals surface area (Å²) in [6, 6.07) is 9.36. The molecule has 0 bridgehead atoms. The Bertz CT molecular complexity index is 2480. The molecule has 0 aliphatic heterocycles. The maximum Gasteiger partial charge on any atom is 0.335 e. The third-order valence-corrected chi connectivity index (χ3v) is 9.21. The van der Waals surface area contributed by atoms with Gasteiger partial charge in [-0.25, -0.2) is 32.3 Å². The van der Waals surface area contributed by atoms with Crippen molar-refractivity contribution >= 4 is 72.0 Å². The molecule has 0 spiro atoms. The number of carbonyl (C=O) groups excluding carboxylic acids is 1. The van der Waals surface area contributed by atoms with Gasteiger partial charge in [0.15, 0.2) is 11.6 Å². The van der Waals surface area contributed by atoms with E-state index in [1.165, 1.54) is 18.3 Å². The fourth-order valence-corrected chi connectivity index (χ4v) is 5.55. The van der Waals surface area contributed by atoms with E-state index in [2.05, 4.69) is 57.2 Å². The maximum atomic E-state index is 14.8. The van der Waals surface area contributed by atoms with Gasteiger partial charge < -0.3 is 0 Å². The molecule has 0 unspecified atom stereocenters. The van der Waals surface area contributed by atoms with E-state index in [4.69, 9.17) is 11.6 Å². The van der Waals surface area contributed by atoms with Gasteiger partial charge in [-0.05, 0) is 73.8 Å². The topological polar surface area (TPSA) is 138 Å². The van der Waals surface area contributed by atoms with Gasteiger partial charge in [0.1, 0.15) is 5.82 Å². The highest BCUT2D eigenvalue weighted by Gasteiger charge is 2.18. The third-order valence-electron chi connectivity index (χ3n) is 7.02. The van der Waals surface area contributed by atoms with Crippen LogP contribution in [0.25, 0.3) is 17.0 Å². The minimum absolute atomic E-state index is 0.0505. The van der Waals surface area contributed by atoms with E-state index in [9.17, 15) is 27.6 Å². The van der Waals surface area contributed by atoms with E-state index in [0.717, 1.165) is 18.2 Å². The molecule has 0 aliphatic carbocycles. The Morgan fingerprint density at radius 2 is 1.77 bits per heavy atom. The number of aromatic nitrogens is 8. The van der Waals surface area contributed by atoms with E-state index < -0.39 is 53.4 Å². The molecule has 1 N–H and O–H groups in total. The van der Waals surface area contributed by atoms with E-state index in [-0.39, 0.29) is 22.0 Å². The second-order valence-electron chi connectivity index (χ2n) is 10.3. The molecule has 244 valence electrons. The molecule has 3 aromatic heterocycles. The van der Waals surface area contributed by atoms with Crippen LogP contribution >= 0.6 is 43.5 Å². The first-order valence-electron chi connectivity index (χ1n) is 13.7. The normalized spacial score (nSPS) is 12.1. The number of rotatable bonds is 7. The number of nitrogens with one attached hydrogen (secondary N) is 1. The minimum atomic E-state index is -1.42. The lowest BCUT2D eigenvalue weighted by atomic mass is 10.2. The molecule has 0 amide bonds. The average Bonchev–Trinajstić information content (AvgIpc) is 3.65. The van der Waals surface area contributed by atoms with Gasteiger partial charge in [0, 0.05) is 45.3 Å². The van der Waals surface area contributed by atoms with Gasteiger partial charge in [-0.3, -0.25) is 19.0 Å². The maximum absolute atomic E-state index is 14.8. The van der Waals surface area contributed by atoms with Crippen molar-refractivity contribution in [2.75, 3.05) is 0 Å². The molecule has 0 saturated carbocycles. The van der Waals surface area contributed by atoms with Crippen LogP contribution in [-0.4, -0.2) is 44.8 Å². The van der Waals surface area contributed by atoms with Crippen LogP contribution in [0, 0.1) is 17.5 Å². The Hall–Kier alpha value is -4.87. The molecule has 18 heteroatoms. The molecule has 12 nitrogen and oxygen atoms in total. The van der Waals surface area contributed by atoms with Gasteiger partial charge >= 0.3 is 11.4 Å². The highest BCUT2D eigenvalue weighted by molar-refractivity contribution is 9.13. The zero-order chi connectivity index (χ0) is 34.3. The van der Waals surface area contributed by atoms with Gasteiger partial charge in [0.05, 0.1) is 41.2 Å². The second-order valence-corrected chi connectivity index (χ2v) is 12.4. The van der Waals surface area contributed by atoms with Crippen LogP contribution in [0.15, 0.2) is 84.5 Å². The number of allylic oxidation sites excluding steroid dienone is 1. The number of hydrogen-bond acceptors (Lipinski definition) is 7. The summed E-state index contributed by atoms with van der Waals surface area (Å²) in [5.41, 5.74) is -1.35. The molecule has 0 aliphatic rings. The number of benzene rings is 3. The average molecular weight is 806 g/mol. The first-order chi connectivity index (χ1) is 22.9. The van der Waals surface area contributed by atoms with E-state index in [1.54, 1.807) is 48.3 Å². The zero-order valence-electron chi connectivity index (χ0n) is 24.3. The zero-order valence-corrected chi connectivity index (χ0v) is 28.3. The predicted octanol–water partition coefficient (Wildman–Crippen LogP) is 5.09. The Morgan fingerprint density at radius 1 is 1.00 bits per heavy atom. The summed E-state index contributed by atoms with van der Waals surface area (Å²) in [6.45, 7) is -1.18. The Balaban J connectivity index is 1.44. The smallest absolute Gasteiger partial charge is 0.277 e. The molecule has 6 rings (SSSR count). The third kappa shape index (κ3) is 6.74. The molecule has 6 aromatic rings. The summed E-state index contributed by atoms with van der Waals surface area (Å²) in [6.07, 6.45) is 5.66. The standard InChI is InChI=1S/C30H19Br2ClF3N9O3/c1-42-12-17-8-26(21(33)9-25(17)40-42)38-28-39-29(47)44(30(48)43(28)13-16-7-23(35)24(36)10-22(16)34)14-18-11-37-41-45(18)27(46)5-3-15-2-4-19(31)20(32)6-15/h2-12H,13-14H2,1H3,(H,38,39,47)/b5-3+. The van der Waals surface area contributed by atoms with Gasteiger partial charge in [0.2, 0.25) is 5.62 Å². The SMILES string of the molecule is Cn1cc2cc(/N=c3\[nH]c(=O)n(Cc4cnnn4C(=O)/C=C/c4ccc(Br)c(Br)c4)c(=O)n3Cc3cc(F)c(F)cc3F)c(Cl)cc2n1. The van der Waals surface area contributed by atoms with Crippen LogP contribution in [0.3, 0.4) is 0 Å². The van der Waals surface area contributed by atoms with Crippen molar-refractivity contribution in [3.8, 4) is 0 Å². The number of hydrogen-bond donors (Lipinski definition) is 1. The van der Waals surface area contributed by atoms with Crippen LogP contribution in [-0.2, 0) is 20.1 Å². The van der Waals surface area contributed by atoms with Crippen LogP contribution in [0.2, 0.25) is 5.02 Å². The summed E-state index contributed by atoms with van der Waals surface area (Å²) in [5, 5.41) is 12.6. The minimum Gasteiger partial charge on any atom is -0.277 e. The van der Waals surface area contributed by atoms with E-state index >= 15 is 0 Å². The Labute approximate surface area is 288 Å². The Kier molecular flexibility index (Phi) is 9.18. The van der Waals surface area contributed by atoms with Crippen molar-refractivity contribution in [1.82, 2.24) is 38.9 Å². The van der Waals surface area contributed by atoms with Crippen molar-refractivity contribution in [3.63, 3.8) is 0 Å². The largest absolute Gasteiger partial charge is 0.335 e. The molecule has 0 saturated heterocycles. The van der Waals surface area contributed by atoms with E-state index in [0.29, 0.717) is 33.2 Å². The molecule has 3 heterocycles. The first-order valence-corrected chi connectivity index (χ1v) is 15.7. The van der Waals surface area contributed by atoms with Crippen LogP contribution < -0.4 is 17.0 Å². The summed E-state index contributed by atoms with van der Waals surface area (Å²) in [7, 11) is 1.71. The van der Waals surface area contributed by atoms with Crippen LogP contribution in [0.1, 0.15) is 21.6 Å². The quantitative estimate of drug-likeness (QED) is 0.176. The molecular formula is C30H19Br2ClF3N9O3. The fourth-order valence-electron chi connectivity index (χ4n) is 4.70. The number of carbonyl (C=O) groups is 1.